The number of nitrogens with one attached hydrogen (secondary N) is 3. The lowest BCUT2D eigenvalue weighted by molar-refractivity contribution is -0.131. The first-order valence-electron chi connectivity index (χ1n) is 10.9. The van der Waals surface area contributed by atoms with Gasteiger partial charge in [-0.05, 0) is 42.3 Å². The molecule has 174 valence electrons. The van der Waals surface area contributed by atoms with Crippen LogP contribution in [0.2, 0.25) is 0 Å². The van der Waals surface area contributed by atoms with Crippen molar-refractivity contribution in [3.05, 3.63) is 95.8 Å². The molecule has 8 heteroatoms. The van der Waals surface area contributed by atoms with E-state index in [0.29, 0.717) is 22.6 Å². The van der Waals surface area contributed by atoms with E-state index >= 15 is 0 Å². The fourth-order valence-electron chi connectivity index (χ4n) is 3.69. The lowest BCUT2D eigenvalue weighted by Gasteiger charge is -2.26. The highest BCUT2D eigenvalue weighted by molar-refractivity contribution is 6.00. The number of anilines is 1. The van der Waals surface area contributed by atoms with E-state index in [0.717, 1.165) is 0 Å². The highest BCUT2D eigenvalue weighted by atomic mass is 19.1. The first kappa shape index (κ1) is 23.0. The van der Waals surface area contributed by atoms with E-state index < -0.39 is 41.7 Å². The molecule has 3 aromatic rings. The Kier molecular flexibility index (Phi) is 6.87. The Morgan fingerprint density at radius 1 is 1.00 bits per heavy atom. The minimum Gasteiger partial charge on any atom is -0.481 e. The zero-order valence-electron chi connectivity index (χ0n) is 18.5. The average molecular weight is 461 g/mol. The predicted molar refractivity (Wildman–Crippen MR) is 125 cm³/mol. The van der Waals surface area contributed by atoms with Crippen LogP contribution in [0, 0.1) is 5.82 Å². The maximum Gasteiger partial charge on any atom is 0.251 e. The summed E-state index contributed by atoms with van der Waals surface area (Å²) in [6, 6.07) is 19.8. The molecule has 3 atom stereocenters. The van der Waals surface area contributed by atoms with Crippen molar-refractivity contribution in [1.82, 2.24) is 10.6 Å². The van der Waals surface area contributed by atoms with Crippen molar-refractivity contribution in [2.45, 2.75) is 31.5 Å². The van der Waals surface area contributed by atoms with Gasteiger partial charge in [-0.15, -0.1) is 0 Å². The number of rotatable bonds is 6. The van der Waals surface area contributed by atoms with E-state index in [4.69, 9.17) is 4.74 Å². The van der Waals surface area contributed by atoms with Gasteiger partial charge in [-0.2, -0.15) is 0 Å². The van der Waals surface area contributed by atoms with Crippen LogP contribution in [0.25, 0.3) is 0 Å². The lowest BCUT2D eigenvalue weighted by Crippen LogP contribution is -2.54. The van der Waals surface area contributed by atoms with Gasteiger partial charge in [0.15, 0.2) is 6.10 Å². The molecule has 0 unspecified atom stereocenters. The molecule has 0 saturated heterocycles. The molecule has 0 fully saturated rings. The maximum absolute atomic E-state index is 13.1. The number of halogens is 1. The van der Waals surface area contributed by atoms with Crippen LogP contribution in [0.4, 0.5) is 10.1 Å². The topological polar surface area (TPSA) is 96.5 Å². The highest BCUT2D eigenvalue weighted by Gasteiger charge is 2.37. The van der Waals surface area contributed by atoms with Gasteiger partial charge < -0.3 is 20.7 Å². The van der Waals surface area contributed by atoms with Crippen molar-refractivity contribution in [2.24, 2.45) is 0 Å². The second kappa shape index (κ2) is 10.2. The number of fused-ring (bicyclic) bond motifs is 1. The van der Waals surface area contributed by atoms with Crippen LogP contribution in [0.1, 0.15) is 24.2 Å². The van der Waals surface area contributed by atoms with E-state index in [1.807, 2.05) is 30.3 Å². The van der Waals surface area contributed by atoms with Crippen LogP contribution in [0.5, 0.6) is 5.75 Å². The van der Waals surface area contributed by atoms with Crippen LogP contribution in [-0.4, -0.2) is 29.8 Å². The first-order chi connectivity index (χ1) is 16.4. The summed E-state index contributed by atoms with van der Waals surface area (Å²) in [6.07, 6.45) is -0.789. The summed E-state index contributed by atoms with van der Waals surface area (Å²) in [7, 11) is 0. The Morgan fingerprint density at radius 2 is 1.68 bits per heavy atom. The standard InChI is InChI=1S/C26H24FN3O4/c1-16(28-22(31)15-17-11-13-19(27)14-12-17)25(32)30-23-24(18-7-3-2-4-8-18)34-21-10-6-5-9-20(21)29-26(23)33/h2-14,16,23-24H,15H2,1H3,(H,28,31)(H,29,33)(H,30,32)/t16-,23-,24+/m0/s1. The van der Waals surface area contributed by atoms with Crippen molar-refractivity contribution in [3.63, 3.8) is 0 Å². The van der Waals surface area contributed by atoms with E-state index in [1.54, 1.807) is 24.3 Å². The third-order valence-corrected chi connectivity index (χ3v) is 5.46. The SMILES string of the molecule is C[C@H](NC(=O)Cc1ccc(F)cc1)C(=O)N[C@@H]1C(=O)Nc2ccccc2O[C@@H]1c1ccccc1. The molecule has 34 heavy (non-hydrogen) atoms. The van der Waals surface area contributed by atoms with Crippen molar-refractivity contribution in [1.29, 1.82) is 0 Å². The van der Waals surface area contributed by atoms with Crippen molar-refractivity contribution < 1.29 is 23.5 Å². The molecule has 3 N–H and O–H groups in total. The van der Waals surface area contributed by atoms with Crippen molar-refractivity contribution in [3.8, 4) is 5.75 Å². The third-order valence-electron chi connectivity index (χ3n) is 5.46. The fraction of sp³-hybridized carbons (Fsp3) is 0.192. The number of benzene rings is 3. The molecule has 3 aromatic carbocycles. The van der Waals surface area contributed by atoms with E-state index in [-0.39, 0.29) is 6.42 Å². The number of hydrogen-bond donors (Lipinski definition) is 3. The van der Waals surface area contributed by atoms with Gasteiger partial charge in [0, 0.05) is 0 Å². The summed E-state index contributed by atoms with van der Waals surface area (Å²) in [5.74, 6) is -1.28. The molecule has 4 rings (SSSR count). The molecule has 7 nitrogen and oxygen atoms in total. The average Bonchev–Trinajstić information content (AvgIpc) is 2.97. The Morgan fingerprint density at radius 3 is 2.41 bits per heavy atom. The zero-order chi connectivity index (χ0) is 24.1. The molecule has 0 bridgehead atoms. The molecule has 1 aliphatic heterocycles. The number of carbonyl (C=O) groups excluding carboxylic acids is 3. The Bertz CT molecular complexity index is 1180. The summed E-state index contributed by atoms with van der Waals surface area (Å²) in [6.45, 7) is 1.53. The van der Waals surface area contributed by atoms with Gasteiger partial charge in [-0.25, -0.2) is 4.39 Å². The van der Waals surface area contributed by atoms with Crippen molar-refractivity contribution >= 4 is 23.4 Å². The smallest absolute Gasteiger partial charge is 0.251 e. The van der Waals surface area contributed by atoms with Crippen LogP contribution in [0.15, 0.2) is 78.9 Å². The predicted octanol–water partition coefficient (Wildman–Crippen LogP) is 3.13. The van der Waals surface area contributed by atoms with Crippen LogP contribution in [-0.2, 0) is 20.8 Å². The van der Waals surface area contributed by atoms with Gasteiger partial charge in [-0.3, -0.25) is 14.4 Å². The zero-order valence-corrected chi connectivity index (χ0v) is 18.5. The fourth-order valence-corrected chi connectivity index (χ4v) is 3.69. The first-order valence-corrected chi connectivity index (χ1v) is 10.9. The molecule has 0 saturated carbocycles. The van der Waals surface area contributed by atoms with Gasteiger partial charge >= 0.3 is 0 Å². The summed E-state index contributed by atoms with van der Waals surface area (Å²) in [5, 5.41) is 8.14. The Labute approximate surface area is 196 Å². The molecule has 1 aliphatic rings. The Hall–Kier alpha value is -4.20. The number of ether oxygens (including phenoxy) is 1. The number of hydrogen-bond acceptors (Lipinski definition) is 4. The molecular weight excluding hydrogens is 437 g/mol. The molecule has 0 aliphatic carbocycles. The van der Waals surface area contributed by atoms with Gasteiger partial charge in [0.05, 0.1) is 12.1 Å². The molecule has 0 radical (unpaired) electrons. The van der Waals surface area contributed by atoms with Crippen LogP contribution in [0.3, 0.4) is 0 Å². The minimum atomic E-state index is -1.04. The Balaban J connectivity index is 1.48. The third kappa shape index (κ3) is 5.40. The summed E-state index contributed by atoms with van der Waals surface area (Å²) in [4.78, 5) is 38.4. The van der Waals surface area contributed by atoms with E-state index in [9.17, 15) is 18.8 Å². The van der Waals surface area contributed by atoms with Gasteiger partial charge in [0.2, 0.25) is 11.8 Å². The number of para-hydroxylation sites is 2. The summed E-state index contributed by atoms with van der Waals surface area (Å²) < 4.78 is 19.2. The van der Waals surface area contributed by atoms with Gasteiger partial charge in [0.1, 0.15) is 23.7 Å². The van der Waals surface area contributed by atoms with E-state index in [2.05, 4.69) is 16.0 Å². The largest absolute Gasteiger partial charge is 0.481 e. The van der Waals surface area contributed by atoms with Crippen LogP contribution >= 0.6 is 0 Å². The lowest BCUT2D eigenvalue weighted by atomic mass is 10.0. The molecule has 1 heterocycles. The minimum absolute atomic E-state index is 0.00707. The molecule has 3 amide bonds. The normalized spacial score (nSPS) is 17.9. The highest BCUT2D eigenvalue weighted by Crippen LogP contribution is 2.34. The maximum atomic E-state index is 13.1. The summed E-state index contributed by atoms with van der Waals surface area (Å²) in [5.41, 5.74) is 1.84. The molecule has 0 aromatic heterocycles. The van der Waals surface area contributed by atoms with Gasteiger partial charge in [-0.1, -0.05) is 54.6 Å². The summed E-state index contributed by atoms with van der Waals surface area (Å²) >= 11 is 0. The monoisotopic (exact) mass is 461 g/mol. The second-order valence-electron chi connectivity index (χ2n) is 8.01. The number of amides is 3. The number of carbonyl (C=O) groups is 3. The molecular formula is C26H24FN3O4. The quantitative estimate of drug-likeness (QED) is 0.526. The molecule has 0 spiro atoms. The van der Waals surface area contributed by atoms with Gasteiger partial charge in [0.25, 0.3) is 5.91 Å². The van der Waals surface area contributed by atoms with Crippen molar-refractivity contribution in [2.75, 3.05) is 5.32 Å². The van der Waals surface area contributed by atoms with E-state index in [1.165, 1.54) is 31.2 Å². The van der Waals surface area contributed by atoms with Crippen LogP contribution < -0.4 is 20.7 Å². The second-order valence-corrected chi connectivity index (χ2v) is 8.01.